The highest BCUT2D eigenvalue weighted by Crippen LogP contribution is 2.22. The van der Waals surface area contributed by atoms with E-state index < -0.39 is 0 Å². The van der Waals surface area contributed by atoms with E-state index >= 15 is 0 Å². The van der Waals surface area contributed by atoms with Crippen molar-refractivity contribution in [3.8, 4) is 11.8 Å². The molecule has 0 aliphatic carbocycles. The fourth-order valence-corrected chi connectivity index (χ4v) is 2.32. The molecule has 0 bridgehead atoms. The molecule has 0 radical (unpaired) electrons. The second-order valence-corrected chi connectivity index (χ2v) is 4.86. The van der Waals surface area contributed by atoms with E-state index in [0.717, 1.165) is 24.5 Å². The lowest BCUT2D eigenvalue weighted by molar-refractivity contribution is 0.217. The Balaban J connectivity index is 2.06. The summed E-state index contributed by atoms with van der Waals surface area (Å²) in [4.78, 5) is 4.28. The van der Waals surface area contributed by atoms with Crippen LogP contribution in [-0.2, 0) is 0 Å². The summed E-state index contributed by atoms with van der Waals surface area (Å²) >= 11 is 0. The Morgan fingerprint density at radius 2 is 2.39 bits per heavy atom. The molecule has 1 aromatic heterocycles. The van der Waals surface area contributed by atoms with Gasteiger partial charge in [0.15, 0.2) is 0 Å². The topological polar surface area (TPSA) is 57.9 Å². The average molecular weight is 245 g/mol. The van der Waals surface area contributed by atoms with Crippen molar-refractivity contribution < 1.29 is 4.74 Å². The van der Waals surface area contributed by atoms with Gasteiger partial charge in [-0.15, -0.1) is 0 Å². The fourth-order valence-electron chi connectivity index (χ4n) is 2.32. The zero-order chi connectivity index (χ0) is 13.0. The van der Waals surface area contributed by atoms with Crippen molar-refractivity contribution in [1.82, 2.24) is 10.3 Å². The molecule has 1 aromatic rings. The molecule has 0 amide bonds. The molecule has 4 heteroatoms. The number of ether oxygens (including phenoxy) is 1. The minimum absolute atomic E-state index is 0.541. The average Bonchev–Trinajstić information content (AvgIpc) is 2.37. The molecule has 4 nitrogen and oxygen atoms in total. The number of nitriles is 1. The predicted octanol–water partition coefficient (Wildman–Crippen LogP) is 1.95. The lowest BCUT2D eigenvalue weighted by atomic mass is 10.0. The van der Waals surface area contributed by atoms with Crippen molar-refractivity contribution in [2.24, 2.45) is 5.92 Å². The molecule has 1 aliphatic heterocycles. The molecule has 96 valence electrons. The van der Waals surface area contributed by atoms with E-state index in [9.17, 15) is 0 Å². The zero-order valence-corrected chi connectivity index (χ0v) is 11.0. The van der Waals surface area contributed by atoms with Crippen LogP contribution in [0.5, 0.6) is 5.75 Å². The quantitative estimate of drug-likeness (QED) is 0.884. The number of aromatic nitrogens is 1. The second kappa shape index (κ2) is 5.83. The van der Waals surface area contributed by atoms with Gasteiger partial charge < -0.3 is 10.1 Å². The van der Waals surface area contributed by atoms with Gasteiger partial charge in [-0.05, 0) is 33.2 Å². The van der Waals surface area contributed by atoms with Crippen LogP contribution < -0.4 is 10.1 Å². The van der Waals surface area contributed by atoms with Crippen molar-refractivity contribution in [3.63, 3.8) is 0 Å². The summed E-state index contributed by atoms with van der Waals surface area (Å²) in [5.41, 5.74) is 2.20. The van der Waals surface area contributed by atoms with Crippen molar-refractivity contribution in [2.75, 3.05) is 19.7 Å². The number of piperidine rings is 1. The molecule has 0 saturated carbocycles. The van der Waals surface area contributed by atoms with Crippen molar-refractivity contribution in [2.45, 2.75) is 26.7 Å². The molecular formula is C14H19N3O. The Labute approximate surface area is 108 Å². The van der Waals surface area contributed by atoms with Crippen LogP contribution in [-0.4, -0.2) is 24.7 Å². The van der Waals surface area contributed by atoms with Gasteiger partial charge in [-0.25, -0.2) is 0 Å². The molecule has 0 spiro atoms. The highest BCUT2D eigenvalue weighted by atomic mass is 16.5. The Morgan fingerprint density at radius 3 is 3.06 bits per heavy atom. The number of hydrogen-bond acceptors (Lipinski definition) is 4. The van der Waals surface area contributed by atoms with Crippen LogP contribution in [0.15, 0.2) is 6.07 Å². The van der Waals surface area contributed by atoms with Gasteiger partial charge in [-0.1, -0.05) is 0 Å². The van der Waals surface area contributed by atoms with Crippen LogP contribution in [0.4, 0.5) is 0 Å². The van der Waals surface area contributed by atoms with Gasteiger partial charge in [0, 0.05) is 24.2 Å². The van der Waals surface area contributed by atoms with Crippen LogP contribution >= 0.6 is 0 Å². The van der Waals surface area contributed by atoms with Crippen LogP contribution in [0, 0.1) is 31.1 Å². The third kappa shape index (κ3) is 2.99. The summed E-state index contributed by atoms with van der Waals surface area (Å²) in [5.74, 6) is 1.21. The number of aryl methyl sites for hydroxylation is 2. The molecule has 18 heavy (non-hydrogen) atoms. The molecule has 1 N–H and O–H groups in total. The number of hydrogen-bond donors (Lipinski definition) is 1. The molecule has 1 atom stereocenters. The van der Waals surface area contributed by atoms with Gasteiger partial charge in [-0.3, -0.25) is 4.98 Å². The summed E-state index contributed by atoms with van der Waals surface area (Å²) in [7, 11) is 0. The molecule has 0 aromatic carbocycles. The largest absolute Gasteiger partial charge is 0.492 e. The van der Waals surface area contributed by atoms with Gasteiger partial charge in [0.1, 0.15) is 17.4 Å². The van der Waals surface area contributed by atoms with Crippen LogP contribution in [0.2, 0.25) is 0 Å². The van der Waals surface area contributed by atoms with E-state index in [2.05, 4.69) is 16.4 Å². The van der Waals surface area contributed by atoms with E-state index in [1.807, 2.05) is 19.9 Å². The maximum Gasteiger partial charge on any atom is 0.140 e. The van der Waals surface area contributed by atoms with E-state index in [4.69, 9.17) is 10.00 Å². The summed E-state index contributed by atoms with van der Waals surface area (Å²) in [6, 6.07) is 4.02. The molecule has 1 aliphatic rings. The molecule has 1 fully saturated rings. The van der Waals surface area contributed by atoms with Crippen LogP contribution in [0.25, 0.3) is 0 Å². The van der Waals surface area contributed by atoms with Gasteiger partial charge >= 0.3 is 0 Å². The lowest BCUT2D eigenvalue weighted by Crippen LogP contribution is -2.33. The fraction of sp³-hybridized carbons (Fsp3) is 0.571. The number of pyridine rings is 1. The zero-order valence-electron chi connectivity index (χ0n) is 11.0. The Bertz CT molecular complexity index is 459. The first-order valence-corrected chi connectivity index (χ1v) is 6.42. The molecule has 1 unspecified atom stereocenters. The summed E-state index contributed by atoms with van der Waals surface area (Å²) in [6.07, 6.45) is 2.39. The molecule has 2 rings (SSSR count). The smallest absolute Gasteiger partial charge is 0.140 e. The van der Waals surface area contributed by atoms with Gasteiger partial charge in [0.2, 0.25) is 0 Å². The van der Waals surface area contributed by atoms with Gasteiger partial charge in [-0.2, -0.15) is 5.26 Å². The van der Waals surface area contributed by atoms with Crippen molar-refractivity contribution >= 4 is 0 Å². The molecular weight excluding hydrogens is 226 g/mol. The Kier molecular flexibility index (Phi) is 4.16. The molecule has 1 saturated heterocycles. The first kappa shape index (κ1) is 12.8. The van der Waals surface area contributed by atoms with E-state index in [-0.39, 0.29) is 0 Å². The normalized spacial score (nSPS) is 19.3. The predicted molar refractivity (Wildman–Crippen MR) is 69.5 cm³/mol. The first-order valence-electron chi connectivity index (χ1n) is 6.42. The second-order valence-electron chi connectivity index (χ2n) is 4.86. The number of nitrogens with one attached hydrogen (secondary N) is 1. The summed E-state index contributed by atoms with van der Waals surface area (Å²) in [6.45, 7) is 6.55. The van der Waals surface area contributed by atoms with Crippen LogP contribution in [0.1, 0.15) is 29.8 Å². The maximum atomic E-state index is 9.14. The van der Waals surface area contributed by atoms with Crippen LogP contribution in [0.3, 0.4) is 0 Å². The van der Waals surface area contributed by atoms with Gasteiger partial charge in [0.05, 0.1) is 12.3 Å². The summed E-state index contributed by atoms with van der Waals surface area (Å²) < 4.78 is 5.83. The monoisotopic (exact) mass is 245 g/mol. The summed E-state index contributed by atoms with van der Waals surface area (Å²) in [5, 5.41) is 12.5. The standard InChI is InChI=1S/C14H19N3O/c1-10-6-14(13(7-15)11(2)17-10)18-9-12-4-3-5-16-8-12/h6,12,16H,3-5,8-9H2,1-2H3. The van der Waals surface area contributed by atoms with E-state index in [1.54, 1.807) is 0 Å². The van der Waals surface area contributed by atoms with Gasteiger partial charge in [0.25, 0.3) is 0 Å². The third-order valence-electron chi connectivity index (χ3n) is 3.28. The highest BCUT2D eigenvalue weighted by molar-refractivity contribution is 5.46. The third-order valence-corrected chi connectivity index (χ3v) is 3.28. The van der Waals surface area contributed by atoms with Crippen molar-refractivity contribution in [1.29, 1.82) is 5.26 Å². The molecule has 2 heterocycles. The first-order chi connectivity index (χ1) is 8.70. The minimum Gasteiger partial charge on any atom is -0.492 e. The van der Waals surface area contributed by atoms with E-state index in [0.29, 0.717) is 23.8 Å². The SMILES string of the molecule is Cc1cc(OCC2CCCNC2)c(C#N)c(C)n1. The lowest BCUT2D eigenvalue weighted by Gasteiger charge is -2.23. The Hall–Kier alpha value is -1.60. The van der Waals surface area contributed by atoms with Crippen molar-refractivity contribution in [3.05, 3.63) is 23.0 Å². The Morgan fingerprint density at radius 1 is 1.56 bits per heavy atom. The highest BCUT2D eigenvalue weighted by Gasteiger charge is 2.15. The minimum atomic E-state index is 0.541. The number of nitrogens with zero attached hydrogens (tertiary/aromatic N) is 2. The van der Waals surface area contributed by atoms with E-state index in [1.165, 1.54) is 12.8 Å². The number of rotatable bonds is 3. The maximum absolute atomic E-state index is 9.14.